The van der Waals surface area contributed by atoms with Crippen LogP contribution in [-0.4, -0.2) is 28.8 Å². The summed E-state index contributed by atoms with van der Waals surface area (Å²) in [5.41, 5.74) is 0.850. The van der Waals surface area contributed by atoms with Gasteiger partial charge in [-0.25, -0.2) is 4.98 Å². The molecule has 0 unspecified atom stereocenters. The topological polar surface area (TPSA) is 57.8 Å². The number of rotatable bonds is 8. The maximum absolute atomic E-state index is 11.4. The monoisotopic (exact) mass is 255 g/mol. The fraction of sp³-hybridized carbons (Fsp3) is 0.667. The van der Waals surface area contributed by atoms with Crippen LogP contribution in [-0.2, 0) is 6.42 Å². The van der Waals surface area contributed by atoms with Crippen molar-refractivity contribution in [3.8, 4) is 0 Å². The SMILES string of the molecule is CCCc1cc(=O)[nH]c(SCCCNCC)n1. The highest BCUT2D eigenvalue weighted by Crippen LogP contribution is 2.12. The number of nitrogens with one attached hydrogen (secondary N) is 2. The maximum atomic E-state index is 11.4. The Morgan fingerprint density at radius 3 is 3.00 bits per heavy atom. The molecule has 0 aliphatic carbocycles. The highest BCUT2D eigenvalue weighted by atomic mass is 32.2. The molecule has 1 aromatic rings. The Morgan fingerprint density at radius 1 is 1.47 bits per heavy atom. The van der Waals surface area contributed by atoms with Crippen LogP contribution < -0.4 is 10.9 Å². The van der Waals surface area contributed by atoms with Crippen LogP contribution in [0.2, 0.25) is 0 Å². The van der Waals surface area contributed by atoms with E-state index in [0.717, 1.165) is 49.0 Å². The average Bonchev–Trinajstić information content (AvgIpc) is 2.28. The molecule has 0 spiro atoms. The highest BCUT2D eigenvalue weighted by Gasteiger charge is 2.01. The molecule has 0 saturated carbocycles. The van der Waals surface area contributed by atoms with Gasteiger partial charge in [0.1, 0.15) is 0 Å². The minimum atomic E-state index is -0.0439. The molecule has 0 fully saturated rings. The summed E-state index contributed by atoms with van der Waals surface area (Å²) in [6, 6.07) is 1.59. The van der Waals surface area contributed by atoms with Crippen molar-refractivity contribution in [2.45, 2.75) is 38.3 Å². The van der Waals surface area contributed by atoms with Gasteiger partial charge in [0.25, 0.3) is 5.56 Å². The van der Waals surface area contributed by atoms with E-state index in [1.165, 1.54) is 0 Å². The number of hydrogen-bond acceptors (Lipinski definition) is 4. The molecule has 0 aliphatic heterocycles. The summed E-state index contributed by atoms with van der Waals surface area (Å²) in [5.74, 6) is 0.978. The van der Waals surface area contributed by atoms with Crippen LogP contribution in [0.3, 0.4) is 0 Å². The minimum Gasteiger partial charge on any atom is -0.317 e. The Balaban J connectivity index is 2.44. The first kappa shape index (κ1) is 14.3. The fourth-order valence-electron chi connectivity index (χ4n) is 1.48. The molecule has 1 rings (SSSR count). The van der Waals surface area contributed by atoms with Crippen LogP contribution in [0.25, 0.3) is 0 Å². The third-order valence-electron chi connectivity index (χ3n) is 2.27. The molecule has 0 saturated heterocycles. The first-order valence-electron chi connectivity index (χ1n) is 6.20. The second-order valence-electron chi connectivity index (χ2n) is 3.85. The van der Waals surface area contributed by atoms with Crippen LogP contribution >= 0.6 is 11.8 Å². The predicted octanol–water partition coefficient (Wildman–Crippen LogP) is 1.81. The normalized spacial score (nSPS) is 10.7. The van der Waals surface area contributed by atoms with Crippen LogP contribution in [0.5, 0.6) is 0 Å². The number of thioether (sulfide) groups is 1. The van der Waals surface area contributed by atoms with E-state index in [1.807, 2.05) is 0 Å². The molecule has 0 aliphatic rings. The molecule has 5 heteroatoms. The van der Waals surface area contributed by atoms with E-state index in [-0.39, 0.29) is 5.56 Å². The van der Waals surface area contributed by atoms with Crippen molar-refractivity contribution in [1.82, 2.24) is 15.3 Å². The van der Waals surface area contributed by atoms with Gasteiger partial charge < -0.3 is 10.3 Å². The number of H-pyrrole nitrogens is 1. The maximum Gasteiger partial charge on any atom is 0.251 e. The molecule has 0 bridgehead atoms. The van der Waals surface area contributed by atoms with Gasteiger partial charge in [0.05, 0.1) is 0 Å². The Hall–Kier alpha value is -0.810. The van der Waals surface area contributed by atoms with Crippen molar-refractivity contribution in [3.63, 3.8) is 0 Å². The van der Waals surface area contributed by atoms with E-state index in [2.05, 4.69) is 29.1 Å². The number of aromatic nitrogens is 2. The molecule has 1 aromatic heterocycles. The zero-order valence-electron chi connectivity index (χ0n) is 10.6. The van der Waals surface area contributed by atoms with E-state index < -0.39 is 0 Å². The van der Waals surface area contributed by atoms with E-state index in [9.17, 15) is 4.79 Å². The Bertz CT molecular complexity index is 378. The number of aryl methyl sites for hydroxylation is 1. The summed E-state index contributed by atoms with van der Waals surface area (Å²) in [6.45, 7) is 6.21. The summed E-state index contributed by atoms with van der Waals surface area (Å²) < 4.78 is 0. The van der Waals surface area contributed by atoms with Gasteiger partial charge in [-0.05, 0) is 25.9 Å². The third kappa shape index (κ3) is 5.89. The Kier molecular flexibility index (Phi) is 6.96. The molecule has 0 amide bonds. The van der Waals surface area contributed by atoms with Crippen molar-refractivity contribution in [2.24, 2.45) is 0 Å². The number of hydrogen-bond donors (Lipinski definition) is 2. The predicted molar refractivity (Wildman–Crippen MR) is 72.7 cm³/mol. The summed E-state index contributed by atoms with van der Waals surface area (Å²) in [7, 11) is 0. The fourth-order valence-corrected chi connectivity index (χ4v) is 2.32. The van der Waals surface area contributed by atoms with E-state index in [0.29, 0.717) is 0 Å². The Labute approximate surface area is 107 Å². The second-order valence-corrected chi connectivity index (χ2v) is 4.93. The lowest BCUT2D eigenvalue weighted by Gasteiger charge is -2.03. The zero-order valence-corrected chi connectivity index (χ0v) is 11.4. The third-order valence-corrected chi connectivity index (χ3v) is 3.23. The van der Waals surface area contributed by atoms with E-state index in [1.54, 1.807) is 17.8 Å². The van der Waals surface area contributed by atoms with Crippen molar-refractivity contribution in [2.75, 3.05) is 18.8 Å². The van der Waals surface area contributed by atoms with Crippen molar-refractivity contribution in [3.05, 3.63) is 22.1 Å². The summed E-state index contributed by atoms with van der Waals surface area (Å²) in [4.78, 5) is 18.6. The van der Waals surface area contributed by atoms with Crippen molar-refractivity contribution in [1.29, 1.82) is 0 Å². The quantitative estimate of drug-likeness (QED) is 0.422. The smallest absolute Gasteiger partial charge is 0.251 e. The standard InChI is InChI=1S/C12H21N3OS/c1-3-6-10-9-11(16)15-12(14-10)17-8-5-7-13-4-2/h9,13H,3-8H2,1-2H3,(H,14,15,16). The number of aromatic amines is 1. The molecular weight excluding hydrogens is 234 g/mol. The molecule has 1 heterocycles. The molecule has 96 valence electrons. The van der Waals surface area contributed by atoms with Crippen molar-refractivity contribution < 1.29 is 0 Å². The molecule has 4 nitrogen and oxygen atoms in total. The van der Waals surface area contributed by atoms with Gasteiger partial charge in [-0.2, -0.15) is 0 Å². The lowest BCUT2D eigenvalue weighted by atomic mass is 10.2. The molecular formula is C12H21N3OS. The van der Waals surface area contributed by atoms with Crippen molar-refractivity contribution >= 4 is 11.8 Å². The van der Waals surface area contributed by atoms with E-state index >= 15 is 0 Å². The van der Waals surface area contributed by atoms with Gasteiger partial charge >= 0.3 is 0 Å². The zero-order chi connectivity index (χ0) is 12.5. The highest BCUT2D eigenvalue weighted by molar-refractivity contribution is 7.99. The van der Waals surface area contributed by atoms with Gasteiger partial charge in [-0.15, -0.1) is 0 Å². The van der Waals surface area contributed by atoms with Gasteiger partial charge in [0, 0.05) is 17.5 Å². The molecule has 2 N–H and O–H groups in total. The average molecular weight is 255 g/mol. The first-order chi connectivity index (χ1) is 8.26. The molecule has 0 aromatic carbocycles. The minimum absolute atomic E-state index is 0.0439. The lowest BCUT2D eigenvalue weighted by Crippen LogP contribution is -2.15. The van der Waals surface area contributed by atoms with Gasteiger partial charge in [-0.1, -0.05) is 32.0 Å². The summed E-state index contributed by atoms with van der Waals surface area (Å²) >= 11 is 1.62. The molecule has 17 heavy (non-hydrogen) atoms. The lowest BCUT2D eigenvalue weighted by molar-refractivity contribution is 0.706. The first-order valence-corrected chi connectivity index (χ1v) is 7.18. The Morgan fingerprint density at radius 2 is 2.29 bits per heavy atom. The van der Waals surface area contributed by atoms with Crippen LogP contribution in [0.1, 0.15) is 32.4 Å². The van der Waals surface area contributed by atoms with Gasteiger partial charge in [-0.3, -0.25) is 4.79 Å². The molecule has 0 radical (unpaired) electrons. The number of nitrogens with zero attached hydrogens (tertiary/aromatic N) is 1. The van der Waals surface area contributed by atoms with Crippen LogP contribution in [0.15, 0.2) is 16.0 Å². The largest absolute Gasteiger partial charge is 0.317 e. The van der Waals surface area contributed by atoms with Crippen LogP contribution in [0.4, 0.5) is 0 Å². The second kappa shape index (κ2) is 8.31. The summed E-state index contributed by atoms with van der Waals surface area (Å²) in [6.07, 6.45) is 2.97. The van der Waals surface area contributed by atoms with Crippen LogP contribution in [0, 0.1) is 0 Å². The van der Waals surface area contributed by atoms with Gasteiger partial charge in [0.15, 0.2) is 5.16 Å². The molecule has 0 atom stereocenters. The van der Waals surface area contributed by atoms with E-state index in [4.69, 9.17) is 0 Å². The summed E-state index contributed by atoms with van der Waals surface area (Å²) in [5, 5.41) is 4.02. The van der Waals surface area contributed by atoms with Gasteiger partial charge in [0.2, 0.25) is 0 Å².